The summed E-state index contributed by atoms with van der Waals surface area (Å²) in [6.45, 7) is 0.749. The fraction of sp³-hybridized carbons (Fsp3) is 0.278. The topological polar surface area (TPSA) is 44.4 Å². The van der Waals surface area contributed by atoms with E-state index in [1.807, 2.05) is 73.6 Å². The number of para-hydroxylation sites is 1. The molecule has 2 rings (SSSR count). The van der Waals surface area contributed by atoms with Gasteiger partial charge in [0.05, 0.1) is 12.6 Å². The standard InChI is InChI=1S/C18H22ClN3O.2ClH/c1-22(2)17(15-10-6-7-11-16(15)19)12-21-18(23)13-20-14-8-4-3-5-9-14;;/h3-11,17,20H,12-13H2,1-2H3,(H,21,23);2*1H. The van der Waals surface area contributed by atoms with E-state index < -0.39 is 0 Å². The van der Waals surface area contributed by atoms with E-state index in [2.05, 4.69) is 10.6 Å². The molecule has 2 aromatic carbocycles. The molecule has 0 fully saturated rings. The van der Waals surface area contributed by atoms with Gasteiger partial charge in [0.2, 0.25) is 5.91 Å². The zero-order valence-corrected chi connectivity index (χ0v) is 16.6. The van der Waals surface area contributed by atoms with Crippen molar-refractivity contribution in [2.75, 3.05) is 32.5 Å². The smallest absolute Gasteiger partial charge is 0.239 e. The Morgan fingerprint density at radius 3 is 2.24 bits per heavy atom. The minimum absolute atomic E-state index is 0. The van der Waals surface area contributed by atoms with Gasteiger partial charge in [0, 0.05) is 17.3 Å². The number of amides is 1. The van der Waals surface area contributed by atoms with Gasteiger partial charge in [-0.05, 0) is 37.9 Å². The summed E-state index contributed by atoms with van der Waals surface area (Å²) in [6.07, 6.45) is 0. The van der Waals surface area contributed by atoms with Crippen molar-refractivity contribution in [1.29, 1.82) is 0 Å². The Morgan fingerprint density at radius 2 is 1.64 bits per heavy atom. The first-order valence-corrected chi connectivity index (χ1v) is 7.92. The SMILES string of the molecule is CN(C)C(CNC(=O)CNc1ccccc1)c1ccccc1Cl.Cl.Cl. The van der Waals surface area contributed by atoms with Gasteiger partial charge in [-0.15, -0.1) is 24.8 Å². The molecule has 0 radical (unpaired) electrons. The predicted molar refractivity (Wildman–Crippen MR) is 110 cm³/mol. The second kappa shape index (κ2) is 12.0. The summed E-state index contributed by atoms with van der Waals surface area (Å²) >= 11 is 6.27. The highest BCUT2D eigenvalue weighted by atomic mass is 35.5. The monoisotopic (exact) mass is 403 g/mol. The van der Waals surface area contributed by atoms with Crippen LogP contribution in [0.15, 0.2) is 54.6 Å². The summed E-state index contributed by atoms with van der Waals surface area (Å²) in [5.41, 5.74) is 1.94. The lowest BCUT2D eigenvalue weighted by Crippen LogP contribution is -2.37. The molecule has 0 heterocycles. The van der Waals surface area contributed by atoms with Crippen LogP contribution >= 0.6 is 36.4 Å². The van der Waals surface area contributed by atoms with Crippen molar-refractivity contribution < 1.29 is 4.79 Å². The largest absolute Gasteiger partial charge is 0.376 e. The Labute approximate surface area is 166 Å². The summed E-state index contributed by atoms with van der Waals surface area (Å²) in [7, 11) is 3.95. The lowest BCUT2D eigenvalue weighted by Gasteiger charge is -2.26. The van der Waals surface area contributed by atoms with E-state index in [1.165, 1.54) is 0 Å². The molecule has 0 saturated carbocycles. The van der Waals surface area contributed by atoms with Crippen molar-refractivity contribution in [2.45, 2.75) is 6.04 Å². The van der Waals surface area contributed by atoms with E-state index >= 15 is 0 Å². The fourth-order valence-corrected chi connectivity index (χ4v) is 2.59. The van der Waals surface area contributed by atoms with Gasteiger partial charge in [0.15, 0.2) is 0 Å². The molecule has 0 aromatic heterocycles. The van der Waals surface area contributed by atoms with Crippen LogP contribution in [0.4, 0.5) is 5.69 Å². The Kier molecular flexibility index (Phi) is 11.3. The highest BCUT2D eigenvalue weighted by molar-refractivity contribution is 6.31. The first kappa shape index (κ1) is 23.5. The highest BCUT2D eigenvalue weighted by Crippen LogP contribution is 2.25. The highest BCUT2D eigenvalue weighted by Gasteiger charge is 2.17. The Hall–Kier alpha value is -1.46. The predicted octanol–water partition coefficient (Wildman–Crippen LogP) is 4.01. The number of benzene rings is 2. The fourth-order valence-electron chi connectivity index (χ4n) is 2.33. The molecule has 0 aliphatic carbocycles. The molecule has 0 aliphatic rings. The number of hydrogen-bond donors (Lipinski definition) is 2. The van der Waals surface area contributed by atoms with Crippen LogP contribution in [0.5, 0.6) is 0 Å². The van der Waals surface area contributed by atoms with Crippen molar-refractivity contribution in [1.82, 2.24) is 10.2 Å². The molecule has 7 heteroatoms. The number of carbonyl (C=O) groups is 1. The number of hydrogen-bond acceptors (Lipinski definition) is 3. The normalized spacial score (nSPS) is 11.0. The molecule has 0 aliphatic heterocycles. The summed E-state index contributed by atoms with van der Waals surface area (Å²) < 4.78 is 0. The van der Waals surface area contributed by atoms with Crippen molar-refractivity contribution in [2.24, 2.45) is 0 Å². The van der Waals surface area contributed by atoms with Gasteiger partial charge in [0.25, 0.3) is 0 Å². The quantitative estimate of drug-likeness (QED) is 0.732. The molecular weight excluding hydrogens is 381 g/mol. The molecule has 2 aromatic rings. The number of nitrogens with zero attached hydrogens (tertiary/aromatic N) is 1. The first-order valence-electron chi connectivity index (χ1n) is 7.54. The van der Waals surface area contributed by atoms with Crippen LogP contribution in [0.2, 0.25) is 5.02 Å². The Balaban J connectivity index is 0.00000288. The number of carbonyl (C=O) groups excluding carboxylic acids is 1. The molecule has 138 valence electrons. The lowest BCUT2D eigenvalue weighted by atomic mass is 10.1. The molecule has 1 amide bonds. The third-order valence-electron chi connectivity index (χ3n) is 3.61. The van der Waals surface area contributed by atoms with Crippen LogP contribution in [-0.2, 0) is 4.79 Å². The molecule has 1 atom stereocenters. The molecule has 1 unspecified atom stereocenters. The van der Waals surface area contributed by atoms with Crippen LogP contribution in [0, 0.1) is 0 Å². The second-order valence-corrected chi connectivity index (χ2v) is 5.93. The molecule has 25 heavy (non-hydrogen) atoms. The summed E-state index contributed by atoms with van der Waals surface area (Å²) in [5, 5.41) is 6.77. The minimum atomic E-state index is -0.0484. The first-order chi connectivity index (χ1) is 11.1. The van der Waals surface area contributed by atoms with Crippen LogP contribution in [-0.4, -0.2) is 38.0 Å². The average Bonchev–Trinajstić information content (AvgIpc) is 2.55. The molecule has 0 spiro atoms. The van der Waals surface area contributed by atoms with E-state index in [-0.39, 0.29) is 43.3 Å². The summed E-state index contributed by atoms with van der Waals surface area (Å²) in [6, 6.07) is 17.4. The van der Waals surface area contributed by atoms with E-state index in [4.69, 9.17) is 11.6 Å². The van der Waals surface area contributed by atoms with E-state index in [0.29, 0.717) is 11.6 Å². The summed E-state index contributed by atoms with van der Waals surface area (Å²) in [4.78, 5) is 14.1. The van der Waals surface area contributed by atoms with Gasteiger partial charge in [0.1, 0.15) is 0 Å². The van der Waals surface area contributed by atoms with Crippen molar-refractivity contribution in [3.8, 4) is 0 Å². The van der Waals surface area contributed by atoms with Gasteiger partial charge in [-0.25, -0.2) is 0 Å². The number of rotatable bonds is 7. The number of halogens is 3. The Morgan fingerprint density at radius 1 is 1.04 bits per heavy atom. The van der Waals surface area contributed by atoms with E-state index in [9.17, 15) is 4.79 Å². The maximum absolute atomic E-state index is 12.0. The molecule has 4 nitrogen and oxygen atoms in total. The van der Waals surface area contributed by atoms with E-state index in [1.54, 1.807) is 0 Å². The van der Waals surface area contributed by atoms with Crippen molar-refractivity contribution in [3.05, 3.63) is 65.2 Å². The second-order valence-electron chi connectivity index (χ2n) is 5.52. The Bertz CT molecular complexity index is 638. The van der Waals surface area contributed by atoms with Gasteiger partial charge in [-0.3, -0.25) is 4.79 Å². The van der Waals surface area contributed by atoms with Gasteiger partial charge in [-0.2, -0.15) is 0 Å². The zero-order chi connectivity index (χ0) is 16.7. The maximum Gasteiger partial charge on any atom is 0.239 e. The number of anilines is 1. The average molecular weight is 405 g/mol. The van der Waals surface area contributed by atoms with Gasteiger partial charge < -0.3 is 15.5 Å². The number of likely N-dealkylation sites (N-methyl/N-ethyl adjacent to an activating group) is 1. The van der Waals surface area contributed by atoms with Crippen molar-refractivity contribution in [3.63, 3.8) is 0 Å². The third kappa shape index (κ3) is 7.53. The molecule has 0 saturated heterocycles. The van der Waals surface area contributed by atoms with Crippen LogP contribution in [0.3, 0.4) is 0 Å². The van der Waals surface area contributed by atoms with Gasteiger partial charge in [-0.1, -0.05) is 48.0 Å². The van der Waals surface area contributed by atoms with Crippen LogP contribution in [0.25, 0.3) is 0 Å². The molecular formula is C18H24Cl3N3O. The van der Waals surface area contributed by atoms with E-state index in [0.717, 1.165) is 11.3 Å². The van der Waals surface area contributed by atoms with Crippen LogP contribution < -0.4 is 10.6 Å². The minimum Gasteiger partial charge on any atom is -0.376 e. The molecule has 2 N–H and O–H groups in total. The summed E-state index contributed by atoms with van der Waals surface area (Å²) in [5.74, 6) is -0.0484. The third-order valence-corrected chi connectivity index (χ3v) is 3.95. The maximum atomic E-state index is 12.0. The van der Waals surface area contributed by atoms with Crippen LogP contribution in [0.1, 0.15) is 11.6 Å². The molecule has 0 bridgehead atoms. The zero-order valence-electron chi connectivity index (χ0n) is 14.2. The van der Waals surface area contributed by atoms with Gasteiger partial charge >= 0.3 is 0 Å². The van der Waals surface area contributed by atoms with Crippen molar-refractivity contribution >= 4 is 48.0 Å². The number of nitrogens with one attached hydrogen (secondary N) is 2. The lowest BCUT2D eigenvalue weighted by molar-refractivity contribution is -0.119.